The van der Waals surface area contributed by atoms with Crippen LogP contribution in [0, 0.1) is 6.92 Å². The van der Waals surface area contributed by atoms with Crippen LogP contribution >= 0.6 is 15.9 Å². The van der Waals surface area contributed by atoms with Crippen molar-refractivity contribution in [3.05, 3.63) is 94.5 Å². The lowest BCUT2D eigenvalue weighted by molar-refractivity contribution is -0.139. The number of anilines is 1. The monoisotopic (exact) mass is 599 g/mol. The Balaban J connectivity index is 2.00. The van der Waals surface area contributed by atoms with Gasteiger partial charge in [0.25, 0.3) is 10.0 Å². The SMILES string of the molecule is CCCCNC(=O)[C@@H](C)N(Cc1cccc(Br)c1)C(=O)CN(c1ccccc1C)S(=O)(=O)c1ccccc1. The van der Waals surface area contributed by atoms with Crippen molar-refractivity contribution in [3.8, 4) is 0 Å². The lowest BCUT2D eigenvalue weighted by Gasteiger charge is -2.32. The van der Waals surface area contributed by atoms with Crippen LogP contribution in [0.2, 0.25) is 0 Å². The summed E-state index contributed by atoms with van der Waals surface area (Å²) in [6.45, 7) is 5.70. The largest absolute Gasteiger partial charge is 0.354 e. The highest BCUT2D eigenvalue weighted by atomic mass is 79.9. The molecule has 0 heterocycles. The maximum Gasteiger partial charge on any atom is 0.264 e. The van der Waals surface area contributed by atoms with Gasteiger partial charge in [0.1, 0.15) is 12.6 Å². The van der Waals surface area contributed by atoms with Crippen molar-refractivity contribution in [1.29, 1.82) is 0 Å². The van der Waals surface area contributed by atoms with Gasteiger partial charge in [0.05, 0.1) is 10.6 Å². The van der Waals surface area contributed by atoms with E-state index in [-0.39, 0.29) is 17.3 Å². The quantitative estimate of drug-likeness (QED) is 0.287. The van der Waals surface area contributed by atoms with Crippen LogP contribution in [0.3, 0.4) is 0 Å². The van der Waals surface area contributed by atoms with Gasteiger partial charge in [-0.05, 0) is 61.7 Å². The van der Waals surface area contributed by atoms with Gasteiger partial charge in [0.15, 0.2) is 0 Å². The molecule has 0 bridgehead atoms. The number of carbonyl (C=O) groups excluding carboxylic acids is 2. The van der Waals surface area contributed by atoms with Crippen molar-refractivity contribution in [2.75, 3.05) is 17.4 Å². The number of carbonyl (C=O) groups is 2. The zero-order valence-electron chi connectivity index (χ0n) is 21.9. The number of aryl methyl sites for hydroxylation is 1. The van der Waals surface area contributed by atoms with Crippen LogP contribution in [-0.2, 0) is 26.2 Å². The summed E-state index contributed by atoms with van der Waals surface area (Å²) in [6.07, 6.45) is 1.76. The van der Waals surface area contributed by atoms with E-state index in [0.717, 1.165) is 27.2 Å². The number of halogens is 1. The number of rotatable bonds is 12. The summed E-state index contributed by atoms with van der Waals surface area (Å²) >= 11 is 3.46. The fraction of sp³-hybridized carbons (Fsp3) is 0.310. The smallest absolute Gasteiger partial charge is 0.264 e. The molecule has 0 radical (unpaired) electrons. The molecular formula is C29H34BrN3O4S. The van der Waals surface area contributed by atoms with Crippen LogP contribution in [0.15, 0.2) is 88.2 Å². The average molecular weight is 601 g/mol. The number of nitrogens with zero attached hydrogens (tertiary/aromatic N) is 2. The normalized spacial score (nSPS) is 12.0. The van der Waals surface area contributed by atoms with E-state index in [4.69, 9.17) is 0 Å². The topological polar surface area (TPSA) is 86.8 Å². The zero-order valence-corrected chi connectivity index (χ0v) is 24.3. The van der Waals surface area contributed by atoms with E-state index >= 15 is 0 Å². The van der Waals surface area contributed by atoms with Crippen molar-refractivity contribution in [3.63, 3.8) is 0 Å². The van der Waals surface area contributed by atoms with Crippen molar-refractivity contribution in [2.45, 2.75) is 51.1 Å². The molecule has 3 aromatic rings. The van der Waals surface area contributed by atoms with Gasteiger partial charge in [0.2, 0.25) is 11.8 Å². The van der Waals surface area contributed by atoms with Crippen LogP contribution in [0.1, 0.15) is 37.8 Å². The van der Waals surface area contributed by atoms with Crippen LogP contribution in [0.25, 0.3) is 0 Å². The number of benzene rings is 3. The molecule has 9 heteroatoms. The summed E-state index contributed by atoms with van der Waals surface area (Å²) in [6, 6.07) is 21.8. The first kappa shape index (κ1) is 29.4. The first-order valence-corrected chi connectivity index (χ1v) is 14.8. The number of hydrogen-bond donors (Lipinski definition) is 1. The van der Waals surface area contributed by atoms with Crippen molar-refractivity contribution in [1.82, 2.24) is 10.2 Å². The van der Waals surface area contributed by atoms with Crippen LogP contribution in [0.4, 0.5) is 5.69 Å². The average Bonchev–Trinajstić information content (AvgIpc) is 2.91. The summed E-state index contributed by atoms with van der Waals surface area (Å²) < 4.78 is 29.6. The molecule has 0 aliphatic carbocycles. The summed E-state index contributed by atoms with van der Waals surface area (Å²) in [7, 11) is -4.07. The highest BCUT2D eigenvalue weighted by Crippen LogP contribution is 2.27. The lowest BCUT2D eigenvalue weighted by atomic mass is 10.1. The molecule has 1 N–H and O–H groups in total. The van der Waals surface area contributed by atoms with E-state index in [2.05, 4.69) is 21.2 Å². The maximum absolute atomic E-state index is 13.9. The Kier molecular flexibility index (Phi) is 10.5. The van der Waals surface area contributed by atoms with E-state index in [1.165, 1.54) is 17.0 Å². The molecule has 0 aromatic heterocycles. The predicted molar refractivity (Wildman–Crippen MR) is 154 cm³/mol. The van der Waals surface area contributed by atoms with Gasteiger partial charge in [-0.3, -0.25) is 13.9 Å². The molecule has 0 aliphatic rings. The van der Waals surface area contributed by atoms with Crippen LogP contribution in [0.5, 0.6) is 0 Å². The molecule has 3 aromatic carbocycles. The van der Waals surface area contributed by atoms with Crippen LogP contribution in [-0.4, -0.2) is 44.3 Å². The number of sulfonamides is 1. The molecule has 0 aliphatic heterocycles. The highest BCUT2D eigenvalue weighted by Gasteiger charge is 2.33. The molecule has 0 fully saturated rings. The van der Waals surface area contributed by atoms with E-state index in [0.29, 0.717) is 17.8 Å². The van der Waals surface area contributed by atoms with Gasteiger partial charge in [-0.25, -0.2) is 8.42 Å². The van der Waals surface area contributed by atoms with E-state index in [9.17, 15) is 18.0 Å². The number of para-hydroxylation sites is 1. The Labute approximate surface area is 234 Å². The Morgan fingerprint density at radius 1 is 0.974 bits per heavy atom. The molecule has 202 valence electrons. The Bertz CT molecular complexity index is 1350. The van der Waals surface area contributed by atoms with Crippen molar-refractivity contribution >= 4 is 43.5 Å². The molecule has 7 nitrogen and oxygen atoms in total. The Morgan fingerprint density at radius 3 is 2.32 bits per heavy atom. The third-order valence-corrected chi connectivity index (χ3v) is 8.50. The highest BCUT2D eigenvalue weighted by molar-refractivity contribution is 9.10. The number of unbranched alkanes of at least 4 members (excludes halogenated alkanes) is 1. The van der Waals surface area contributed by atoms with Gasteiger partial charge in [-0.2, -0.15) is 0 Å². The second-order valence-corrected chi connectivity index (χ2v) is 11.9. The number of amides is 2. The molecule has 0 spiro atoms. The van der Waals surface area contributed by atoms with Gasteiger partial charge in [-0.1, -0.05) is 77.8 Å². The number of hydrogen-bond acceptors (Lipinski definition) is 4. The summed E-state index contributed by atoms with van der Waals surface area (Å²) in [5.41, 5.74) is 1.94. The third kappa shape index (κ3) is 7.45. The summed E-state index contributed by atoms with van der Waals surface area (Å²) in [5.74, 6) is -0.763. The van der Waals surface area contributed by atoms with Gasteiger partial charge in [-0.15, -0.1) is 0 Å². The second kappa shape index (κ2) is 13.6. The summed E-state index contributed by atoms with van der Waals surface area (Å²) in [4.78, 5) is 28.4. The molecular weight excluding hydrogens is 566 g/mol. The van der Waals surface area contributed by atoms with E-state index in [1.807, 2.05) is 37.3 Å². The second-order valence-electron chi connectivity index (χ2n) is 9.08. The molecule has 2 amide bonds. The third-order valence-electron chi connectivity index (χ3n) is 6.23. The minimum Gasteiger partial charge on any atom is -0.354 e. The Hall–Kier alpha value is -3.17. The van der Waals surface area contributed by atoms with Crippen molar-refractivity contribution < 1.29 is 18.0 Å². The van der Waals surface area contributed by atoms with E-state index in [1.54, 1.807) is 50.2 Å². The number of nitrogens with one attached hydrogen (secondary N) is 1. The molecule has 0 saturated heterocycles. The first-order valence-electron chi connectivity index (χ1n) is 12.6. The fourth-order valence-corrected chi connectivity index (χ4v) is 5.97. The fourth-order valence-electron chi connectivity index (χ4n) is 4.03. The molecule has 3 rings (SSSR count). The molecule has 38 heavy (non-hydrogen) atoms. The minimum absolute atomic E-state index is 0.0833. The van der Waals surface area contributed by atoms with E-state index < -0.39 is 28.5 Å². The molecule has 0 unspecified atom stereocenters. The standard InChI is InChI=1S/C29H34BrN3O4S/c1-4-5-18-31-29(35)23(3)32(20-24-13-11-14-25(30)19-24)28(34)21-33(27-17-10-9-12-22(27)2)38(36,37)26-15-7-6-8-16-26/h6-17,19,23H,4-5,18,20-21H2,1-3H3,(H,31,35)/t23-/m1/s1. The molecule has 1 atom stereocenters. The Morgan fingerprint density at radius 2 is 1.66 bits per heavy atom. The predicted octanol–water partition coefficient (Wildman–Crippen LogP) is 5.29. The van der Waals surface area contributed by atoms with Gasteiger partial charge in [0, 0.05) is 17.6 Å². The van der Waals surface area contributed by atoms with Crippen molar-refractivity contribution in [2.24, 2.45) is 0 Å². The van der Waals surface area contributed by atoms with Gasteiger partial charge < -0.3 is 10.2 Å². The van der Waals surface area contributed by atoms with Gasteiger partial charge >= 0.3 is 0 Å². The molecule has 0 saturated carbocycles. The van der Waals surface area contributed by atoms with Crippen LogP contribution < -0.4 is 9.62 Å². The zero-order chi connectivity index (χ0) is 27.7. The first-order chi connectivity index (χ1) is 18.1. The summed E-state index contributed by atoms with van der Waals surface area (Å²) in [5, 5.41) is 2.89. The lowest BCUT2D eigenvalue weighted by Crippen LogP contribution is -2.51. The minimum atomic E-state index is -4.07. The maximum atomic E-state index is 13.9.